The van der Waals surface area contributed by atoms with Gasteiger partial charge < -0.3 is 15.7 Å². The lowest BCUT2D eigenvalue weighted by Gasteiger charge is -2.13. The number of oxime groups is 1. The summed E-state index contributed by atoms with van der Waals surface area (Å²) in [5, 5.41) is 16.4. The summed E-state index contributed by atoms with van der Waals surface area (Å²) in [4.78, 5) is 0.907. The zero-order chi connectivity index (χ0) is 15.4. The maximum Gasteiger partial charge on any atom is 0.217 e. The number of thioether (sulfide) groups is 1. The summed E-state index contributed by atoms with van der Waals surface area (Å²) in [5.74, 6) is 2.03. The Morgan fingerprint density at radius 2 is 2.29 bits per heavy atom. The normalized spacial score (nSPS) is 11.7. The predicted molar refractivity (Wildman–Crippen MR) is 83.4 cm³/mol. The van der Waals surface area contributed by atoms with Crippen LogP contribution in [-0.4, -0.2) is 26.6 Å². The molecule has 3 N–H and O–H groups in total. The quantitative estimate of drug-likeness (QED) is 0.292. The second-order valence-corrected chi connectivity index (χ2v) is 5.70. The molecule has 0 saturated carbocycles. The molecule has 0 unspecified atom stereocenters. The number of ether oxygens (including phenoxy) is 1. The van der Waals surface area contributed by atoms with Gasteiger partial charge in [-0.25, -0.2) is 4.68 Å². The average Bonchev–Trinajstić information content (AvgIpc) is 2.77. The molecule has 1 aromatic heterocycles. The van der Waals surface area contributed by atoms with Gasteiger partial charge in [-0.05, 0) is 24.8 Å². The summed E-state index contributed by atoms with van der Waals surface area (Å²) >= 11 is 1.61. The second kappa shape index (κ2) is 6.53. The number of nitrogens with zero attached hydrogens (tertiary/aromatic N) is 3. The Bertz CT molecular complexity index is 667. The summed E-state index contributed by atoms with van der Waals surface area (Å²) in [7, 11) is 1.80. The third kappa shape index (κ3) is 3.30. The Balaban J connectivity index is 2.47. The van der Waals surface area contributed by atoms with Crippen LogP contribution in [-0.2, 0) is 7.05 Å². The molecule has 1 heterocycles. The minimum atomic E-state index is 0.0282. The summed E-state index contributed by atoms with van der Waals surface area (Å²) in [6.07, 6.45) is 0. The first-order valence-electron chi connectivity index (χ1n) is 6.49. The first kappa shape index (κ1) is 15.2. The number of hydrogen-bond acceptors (Lipinski definition) is 5. The van der Waals surface area contributed by atoms with Gasteiger partial charge in [0.05, 0.1) is 11.3 Å². The number of rotatable bonds is 5. The molecule has 0 saturated heterocycles. The first-order valence-corrected chi connectivity index (χ1v) is 7.47. The van der Waals surface area contributed by atoms with Gasteiger partial charge in [-0.2, -0.15) is 5.10 Å². The molecule has 112 valence electrons. The van der Waals surface area contributed by atoms with Crippen molar-refractivity contribution < 1.29 is 9.94 Å². The molecule has 2 aromatic rings. The molecule has 0 fully saturated rings. The molecular formula is C14H18N4O2S. The number of benzene rings is 1. The monoisotopic (exact) mass is 306 g/mol. The highest BCUT2D eigenvalue weighted by Crippen LogP contribution is 2.32. The summed E-state index contributed by atoms with van der Waals surface area (Å²) in [6.45, 7) is 3.93. The standard InChI is InChI=1S/C14H18N4O2S/c1-4-21-11-7-5-6-10(13(11)14(15)17-19)20-12-8-9(2)16-18(12)3/h5-8,19H,4H2,1-3H3,(H2,15,17). The highest BCUT2D eigenvalue weighted by atomic mass is 32.2. The molecule has 0 atom stereocenters. The van der Waals surface area contributed by atoms with Gasteiger partial charge in [-0.15, -0.1) is 11.8 Å². The summed E-state index contributed by atoms with van der Waals surface area (Å²) < 4.78 is 7.53. The van der Waals surface area contributed by atoms with Gasteiger partial charge in [0, 0.05) is 18.0 Å². The van der Waals surface area contributed by atoms with Gasteiger partial charge in [0.2, 0.25) is 5.88 Å². The molecule has 0 aliphatic heterocycles. The Morgan fingerprint density at radius 3 is 2.86 bits per heavy atom. The van der Waals surface area contributed by atoms with Crippen molar-refractivity contribution in [3.8, 4) is 11.6 Å². The molecular weight excluding hydrogens is 288 g/mol. The molecule has 0 amide bonds. The van der Waals surface area contributed by atoms with E-state index >= 15 is 0 Å². The number of nitrogens with two attached hydrogens (primary N) is 1. The fraction of sp³-hybridized carbons (Fsp3) is 0.286. The Labute approximate surface area is 127 Å². The van der Waals surface area contributed by atoms with Gasteiger partial charge in [0.25, 0.3) is 0 Å². The van der Waals surface area contributed by atoms with Gasteiger partial charge in [-0.1, -0.05) is 18.1 Å². The van der Waals surface area contributed by atoms with Crippen LogP contribution in [0, 0.1) is 6.92 Å². The lowest BCUT2D eigenvalue weighted by atomic mass is 10.2. The van der Waals surface area contributed by atoms with Crippen molar-refractivity contribution in [2.75, 3.05) is 5.75 Å². The van der Waals surface area contributed by atoms with Crippen LogP contribution in [0.15, 0.2) is 34.3 Å². The average molecular weight is 306 g/mol. The summed E-state index contributed by atoms with van der Waals surface area (Å²) in [6, 6.07) is 7.42. The molecule has 2 rings (SSSR count). The van der Waals surface area contributed by atoms with Crippen molar-refractivity contribution in [3.63, 3.8) is 0 Å². The van der Waals surface area contributed by atoms with Crippen molar-refractivity contribution in [1.29, 1.82) is 0 Å². The van der Waals surface area contributed by atoms with Crippen molar-refractivity contribution in [3.05, 3.63) is 35.5 Å². The zero-order valence-corrected chi connectivity index (χ0v) is 13.0. The molecule has 0 aliphatic rings. The van der Waals surface area contributed by atoms with Crippen LogP contribution in [0.2, 0.25) is 0 Å². The number of aryl methyl sites for hydroxylation is 2. The topological polar surface area (TPSA) is 85.7 Å². The van der Waals surface area contributed by atoms with E-state index in [1.165, 1.54) is 0 Å². The van der Waals surface area contributed by atoms with Crippen molar-refractivity contribution in [2.24, 2.45) is 17.9 Å². The minimum absolute atomic E-state index is 0.0282. The van der Waals surface area contributed by atoms with Gasteiger partial charge in [0.1, 0.15) is 5.75 Å². The smallest absolute Gasteiger partial charge is 0.217 e. The number of aromatic nitrogens is 2. The van der Waals surface area contributed by atoms with Gasteiger partial charge in [0.15, 0.2) is 5.84 Å². The Morgan fingerprint density at radius 1 is 1.52 bits per heavy atom. The zero-order valence-electron chi connectivity index (χ0n) is 12.2. The van der Waals surface area contributed by atoms with Crippen LogP contribution in [0.4, 0.5) is 0 Å². The Kier molecular flexibility index (Phi) is 4.74. The van der Waals surface area contributed by atoms with Crippen LogP contribution >= 0.6 is 11.8 Å². The van der Waals surface area contributed by atoms with E-state index in [0.29, 0.717) is 17.2 Å². The first-order chi connectivity index (χ1) is 10.1. The second-order valence-electron chi connectivity index (χ2n) is 4.40. The number of hydrogen-bond donors (Lipinski definition) is 2. The highest BCUT2D eigenvalue weighted by Gasteiger charge is 2.16. The number of amidine groups is 1. The van der Waals surface area contributed by atoms with Crippen LogP contribution in [0.1, 0.15) is 18.2 Å². The van der Waals surface area contributed by atoms with E-state index in [4.69, 9.17) is 15.7 Å². The van der Waals surface area contributed by atoms with E-state index < -0.39 is 0 Å². The highest BCUT2D eigenvalue weighted by molar-refractivity contribution is 7.99. The van der Waals surface area contributed by atoms with Gasteiger partial charge >= 0.3 is 0 Å². The van der Waals surface area contributed by atoms with E-state index in [1.807, 2.05) is 32.0 Å². The lowest BCUT2D eigenvalue weighted by molar-refractivity contribution is 0.318. The van der Waals surface area contributed by atoms with Crippen molar-refractivity contribution >= 4 is 17.6 Å². The fourth-order valence-electron chi connectivity index (χ4n) is 1.97. The Hall–Kier alpha value is -2.15. The molecule has 7 heteroatoms. The SMILES string of the molecule is CCSc1cccc(Oc2cc(C)nn2C)c1/C(N)=N/O. The molecule has 0 spiro atoms. The van der Waals surface area contributed by atoms with Crippen LogP contribution in [0.5, 0.6) is 11.6 Å². The van der Waals surface area contributed by atoms with E-state index in [0.717, 1.165) is 16.3 Å². The third-order valence-corrected chi connectivity index (χ3v) is 3.77. The van der Waals surface area contributed by atoms with Crippen LogP contribution in [0.3, 0.4) is 0 Å². The predicted octanol–water partition coefficient (Wildman–Crippen LogP) is 2.73. The molecule has 1 aromatic carbocycles. The van der Waals surface area contributed by atoms with E-state index in [2.05, 4.69) is 10.3 Å². The maximum atomic E-state index is 9.01. The van der Waals surface area contributed by atoms with Crippen LogP contribution < -0.4 is 10.5 Å². The largest absolute Gasteiger partial charge is 0.438 e. The van der Waals surface area contributed by atoms with E-state index in [9.17, 15) is 0 Å². The minimum Gasteiger partial charge on any atom is -0.438 e. The summed E-state index contributed by atoms with van der Waals surface area (Å²) in [5.41, 5.74) is 7.25. The maximum absolute atomic E-state index is 9.01. The van der Waals surface area contributed by atoms with Crippen molar-refractivity contribution in [2.45, 2.75) is 18.7 Å². The third-order valence-electron chi connectivity index (χ3n) is 2.83. The van der Waals surface area contributed by atoms with Crippen molar-refractivity contribution in [1.82, 2.24) is 9.78 Å². The molecule has 21 heavy (non-hydrogen) atoms. The molecule has 6 nitrogen and oxygen atoms in total. The fourth-order valence-corrected chi connectivity index (χ4v) is 2.80. The van der Waals surface area contributed by atoms with Crippen LogP contribution in [0.25, 0.3) is 0 Å². The molecule has 0 aliphatic carbocycles. The van der Waals surface area contributed by atoms with E-state index in [-0.39, 0.29) is 5.84 Å². The van der Waals surface area contributed by atoms with Gasteiger partial charge in [-0.3, -0.25) is 0 Å². The molecule has 0 bridgehead atoms. The lowest BCUT2D eigenvalue weighted by Crippen LogP contribution is -2.15. The van der Waals surface area contributed by atoms with E-state index in [1.54, 1.807) is 29.6 Å². The molecule has 0 radical (unpaired) electrons.